The van der Waals surface area contributed by atoms with E-state index in [4.69, 9.17) is 10.2 Å². The molecule has 1 aliphatic heterocycles. The lowest BCUT2D eigenvalue weighted by atomic mass is 10.0. The van der Waals surface area contributed by atoms with Crippen LogP contribution >= 0.6 is 0 Å². The Labute approximate surface area is 151 Å². The highest BCUT2D eigenvalue weighted by atomic mass is 19.1. The summed E-state index contributed by atoms with van der Waals surface area (Å²) in [5, 5.41) is 0. The average Bonchev–Trinajstić information content (AvgIpc) is 3.13. The lowest BCUT2D eigenvalue weighted by molar-refractivity contribution is 0.0558. The predicted molar refractivity (Wildman–Crippen MR) is 93.5 cm³/mol. The van der Waals surface area contributed by atoms with Gasteiger partial charge in [-0.1, -0.05) is 13.0 Å². The van der Waals surface area contributed by atoms with Crippen molar-refractivity contribution in [1.82, 2.24) is 9.80 Å². The molecule has 1 aromatic heterocycles. The summed E-state index contributed by atoms with van der Waals surface area (Å²) in [7, 11) is 0. The molecule has 1 aromatic carbocycles. The van der Waals surface area contributed by atoms with Crippen LogP contribution in [0.4, 0.5) is 8.78 Å². The highest BCUT2D eigenvalue weighted by Crippen LogP contribution is 2.28. The van der Waals surface area contributed by atoms with Crippen LogP contribution in [0.25, 0.3) is 0 Å². The first-order valence-corrected chi connectivity index (χ1v) is 8.79. The van der Waals surface area contributed by atoms with Gasteiger partial charge in [-0.3, -0.25) is 9.69 Å². The Morgan fingerprint density at radius 1 is 1.23 bits per heavy atom. The van der Waals surface area contributed by atoms with Crippen molar-refractivity contribution in [2.45, 2.75) is 25.9 Å². The van der Waals surface area contributed by atoms with Crippen LogP contribution in [0.1, 0.15) is 41.1 Å². The Morgan fingerprint density at radius 2 is 1.96 bits per heavy atom. The van der Waals surface area contributed by atoms with Crippen molar-refractivity contribution in [3.05, 3.63) is 59.1 Å². The maximum absolute atomic E-state index is 14.2. The van der Waals surface area contributed by atoms with E-state index in [1.807, 2.05) is 6.92 Å². The van der Waals surface area contributed by atoms with Gasteiger partial charge in [-0.25, -0.2) is 8.78 Å². The first-order valence-electron chi connectivity index (χ1n) is 8.79. The topological polar surface area (TPSA) is 62.7 Å². The van der Waals surface area contributed by atoms with Gasteiger partial charge >= 0.3 is 0 Å². The van der Waals surface area contributed by atoms with Gasteiger partial charge in [0.2, 0.25) is 0 Å². The molecule has 0 spiro atoms. The molecule has 26 heavy (non-hydrogen) atoms. The number of carbonyl (C=O) groups excluding carboxylic acids is 1. The first-order chi connectivity index (χ1) is 12.5. The summed E-state index contributed by atoms with van der Waals surface area (Å²) in [6, 6.07) is 5.25. The van der Waals surface area contributed by atoms with E-state index in [0.717, 1.165) is 6.07 Å². The van der Waals surface area contributed by atoms with E-state index in [1.54, 1.807) is 11.0 Å². The first kappa shape index (κ1) is 18.5. The van der Waals surface area contributed by atoms with Gasteiger partial charge in [0.15, 0.2) is 0 Å². The number of benzene rings is 1. The van der Waals surface area contributed by atoms with Crippen molar-refractivity contribution in [3.8, 4) is 0 Å². The van der Waals surface area contributed by atoms with Crippen LogP contribution < -0.4 is 5.73 Å². The number of rotatable bonds is 5. The molecular weight excluding hydrogens is 340 g/mol. The second-order valence-corrected chi connectivity index (χ2v) is 6.42. The van der Waals surface area contributed by atoms with Crippen molar-refractivity contribution in [2.24, 2.45) is 5.73 Å². The Morgan fingerprint density at radius 3 is 2.54 bits per heavy atom. The van der Waals surface area contributed by atoms with E-state index >= 15 is 0 Å². The van der Waals surface area contributed by atoms with Crippen LogP contribution in [0.15, 0.2) is 34.9 Å². The van der Waals surface area contributed by atoms with Gasteiger partial charge in [0.1, 0.15) is 23.7 Å². The number of furan rings is 1. The Bertz CT molecular complexity index is 770. The van der Waals surface area contributed by atoms with Crippen molar-refractivity contribution in [3.63, 3.8) is 0 Å². The van der Waals surface area contributed by atoms with Crippen LogP contribution in [-0.2, 0) is 6.54 Å². The lowest BCUT2D eigenvalue weighted by Gasteiger charge is -2.39. The van der Waals surface area contributed by atoms with Crippen LogP contribution in [0.5, 0.6) is 0 Å². The molecule has 0 bridgehead atoms. The van der Waals surface area contributed by atoms with Crippen LogP contribution in [-0.4, -0.2) is 41.9 Å². The maximum Gasteiger partial charge on any atom is 0.257 e. The molecule has 0 saturated carbocycles. The Kier molecular flexibility index (Phi) is 5.68. The number of halogens is 2. The fraction of sp³-hybridized carbons (Fsp3) is 0.421. The van der Waals surface area contributed by atoms with Crippen molar-refractivity contribution < 1.29 is 18.0 Å². The van der Waals surface area contributed by atoms with E-state index in [1.165, 1.54) is 18.4 Å². The third-order valence-electron chi connectivity index (χ3n) is 4.85. The molecule has 7 heteroatoms. The molecule has 5 nitrogen and oxygen atoms in total. The normalized spacial score (nSPS) is 16.7. The highest BCUT2D eigenvalue weighted by Gasteiger charge is 2.28. The number of hydrogen-bond acceptors (Lipinski definition) is 4. The summed E-state index contributed by atoms with van der Waals surface area (Å²) in [6.45, 7) is 4.57. The van der Waals surface area contributed by atoms with E-state index in [9.17, 15) is 13.6 Å². The van der Waals surface area contributed by atoms with E-state index in [-0.39, 0.29) is 18.5 Å². The third-order valence-corrected chi connectivity index (χ3v) is 4.85. The minimum absolute atomic E-state index is 0.0888. The molecule has 2 aromatic rings. The maximum atomic E-state index is 14.2. The van der Waals surface area contributed by atoms with Gasteiger partial charge in [-0.2, -0.15) is 0 Å². The molecule has 1 atom stereocenters. The summed E-state index contributed by atoms with van der Waals surface area (Å²) >= 11 is 0. The van der Waals surface area contributed by atoms with Gasteiger partial charge in [0, 0.05) is 43.9 Å². The fourth-order valence-corrected chi connectivity index (χ4v) is 3.47. The van der Waals surface area contributed by atoms with Crippen LogP contribution in [0.2, 0.25) is 0 Å². The zero-order chi connectivity index (χ0) is 18.7. The Balaban J connectivity index is 1.65. The smallest absolute Gasteiger partial charge is 0.257 e. The average molecular weight is 363 g/mol. The molecule has 1 aliphatic rings. The molecule has 2 heterocycles. The molecule has 1 fully saturated rings. The quantitative estimate of drug-likeness (QED) is 0.887. The second kappa shape index (κ2) is 7.97. The number of hydrogen-bond donors (Lipinski definition) is 1. The number of amides is 1. The molecule has 3 rings (SSSR count). The molecular formula is C19H23F2N3O2. The second-order valence-electron chi connectivity index (χ2n) is 6.42. The standard InChI is InChI=1S/C19H23F2N3O2/c1-2-18(16-4-3-14(20)10-17(16)21)23-5-7-24(8-6-23)19(25)13-9-15(11-22)26-12-13/h3-4,9-10,12,18H,2,5-8,11,22H2,1H3. The molecule has 0 radical (unpaired) electrons. The van der Waals surface area contributed by atoms with Gasteiger partial charge in [-0.05, 0) is 18.6 Å². The SMILES string of the molecule is CCC(c1ccc(F)cc1F)N1CCN(C(=O)c2coc(CN)c2)CC1. The molecule has 1 unspecified atom stereocenters. The lowest BCUT2D eigenvalue weighted by Crippen LogP contribution is -2.49. The molecule has 1 amide bonds. The minimum atomic E-state index is -0.575. The van der Waals surface area contributed by atoms with Gasteiger partial charge in [0.05, 0.1) is 12.1 Å². The van der Waals surface area contributed by atoms with E-state index in [0.29, 0.717) is 49.5 Å². The molecule has 2 N–H and O–H groups in total. The number of nitrogens with two attached hydrogens (primary N) is 1. The number of carbonyl (C=O) groups is 1. The summed E-state index contributed by atoms with van der Waals surface area (Å²) in [5.41, 5.74) is 6.50. The van der Waals surface area contributed by atoms with Crippen LogP contribution in [0.3, 0.4) is 0 Å². The van der Waals surface area contributed by atoms with E-state index in [2.05, 4.69) is 4.90 Å². The van der Waals surface area contributed by atoms with Gasteiger partial charge in [0.25, 0.3) is 5.91 Å². The zero-order valence-electron chi connectivity index (χ0n) is 14.8. The van der Waals surface area contributed by atoms with Gasteiger partial charge in [-0.15, -0.1) is 0 Å². The van der Waals surface area contributed by atoms with Gasteiger partial charge < -0.3 is 15.1 Å². The van der Waals surface area contributed by atoms with Crippen molar-refractivity contribution in [2.75, 3.05) is 26.2 Å². The molecule has 1 saturated heterocycles. The van der Waals surface area contributed by atoms with E-state index < -0.39 is 11.6 Å². The minimum Gasteiger partial charge on any atom is -0.467 e. The zero-order valence-corrected chi connectivity index (χ0v) is 14.8. The molecule has 140 valence electrons. The van der Waals surface area contributed by atoms with Crippen molar-refractivity contribution >= 4 is 5.91 Å². The monoisotopic (exact) mass is 363 g/mol. The largest absolute Gasteiger partial charge is 0.467 e. The molecule has 0 aliphatic carbocycles. The Hall–Kier alpha value is -2.25. The van der Waals surface area contributed by atoms with Crippen LogP contribution in [0, 0.1) is 11.6 Å². The summed E-state index contributed by atoms with van der Waals surface area (Å²) in [5.74, 6) is -0.615. The predicted octanol–water partition coefficient (Wildman–Crippen LogP) is 2.93. The van der Waals surface area contributed by atoms with Crippen molar-refractivity contribution in [1.29, 1.82) is 0 Å². The number of nitrogens with zero attached hydrogens (tertiary/aromatic N) is 2. The third kappa shape index (κ3) is 3.78. The summed E-state index contributed by atoms with van der Waals surface area (Å²) in [4.78, 5) is 16.4. The fourth-order valence-electron chi connectivity index (χ4n) is 3.47. The number of piperazine rings is 1. The highest BCUT2D eigenvalue weighted by molar-refractivity contribution is 5.94. The summed E-state index contributed by atoms with van der Waals surface area (Å²) < 4.78 is 32.6. The summed E-state index contributed by atoms with van der Waals surface area (Å²) in [6.07, 6.45) is 2.14.